The van der Waals surface area contributed by atoms with Crippen LogP contribution in [0, 0.1) is 13.8 Å². The van der Waals surface area contributed by atoms with Crippen molar-refractivity contribution in [3.05, 3.63) is 57.6 Å². The van der Waals surface area contributed by atoms with Crippen LogP contribution in [0.2, 0.25) is 0 Å². The Bertz CT molecular complexity index is 509. The summed E-state index contributed by atoms with van der Waals surface area (Å²) in [6.07, 6.45) is 2.63. The zero-order valence-electron chi connectivity index (χ0n) is 9.37. The van der Waals surface area contributed by atoms with Crippen molar-refractivity contribution >= 4 is 15.9 Å². The molecule has 2 nitrogen and oxygen atoms in total. The molecule has 0 spiro atoms. The minimum absolute atomic E-state index is 0.821. The van der Waals surface area contributed by atoms with Gasteiger partial charge in [0.05, 0.1) is 17.1 Å². The monoisotopic (exact) mass is 276 g/mol. The number of hydrogen-bond donors (Lipinski definition) is 0. The van der Waals surface area contributed by atoms with E-state index in [1.807, 2.05) is 32.0 Å². The minimum atomic E-state index is 0.821. The Kier molecular flexibility index (Phi) is 3.34. The normalized spacial score (nSPS) is 10.4. The Morgan fingerprint density at radius 1 is 1.19 bits per heavy atom. The summed E-state index contributed by atoms with van der Waals surface area (Å²) in [5.41, 5.74) is 4.26. The average molecular weight is 277 g/mol. The number of benzene rings is 1. The van der Waals surface area contributed by atoms with Gasteiger partial charge < -0.3 is 0 Å². The van der Waals surface area contributed by atoms with Gasteiger partial charge in [0.25, 0.3) is 0 Å². The smallest absolute Gasteiger partial charge is 0.0663 e. The highest BCUT2D eigenvalue weighted by molar-refractivity contribution is 9.10. The summed E-state index contributed by atoms with van der Waals surface area (Å²) < 4.78 is 1.12. The first-order chi connectivity index (χ1) is 7.66. The Hall–Kier alpha value is -1.22. The van der Waals surface area contributed by atoms with Gasteiger partial charge in [0.15, 0.2) is 0 Å². The summed E-state index contributed by atoms with van der Waals surface area (Å²) in [6.45, 7) is 3.97. The van der Waals surface area contributed by atoms with E-state index >= 15 is 0 Å². The van der Waals surface area contributed by atoms with Crippen molar-refractivity contribution in [3.8, 4) is 0 Å². The molecule has 1 aromatic carbocycles. The van der Waals surface area contributed by atoms with Crippen molar-refractivity contribution < 1.29 is 0 Å². The van der Waals surface area contributed by atoms with E-state index in [0.29, 0.717) is 0 Å². The first kappa shape index (κ1) is 11.3. The van der Waals surface area contributed by atoms with Gasteiger partial charge in [-0.3, -0.25) is 9.97 Å². The van der Waals surface area contributed by atoms with Gasteiger partial charge in [0.2, 0.25) is 0 Å². The number of aryl methyl sites for hydroxylation is 2. The fraction of sp³-hybridized carbons (Fsp3) is 0.231. The lowest BCUT2D eigenvalue weighted by atomic mass is 10.1. The minimum Gasteiger partial charge on any atom is -0.258 e. The van der Waals surface area contributed by atoms with Gasteiger partial charge in [0.1, 0.15) is 0 Å². The summed E-state index contributed by atoms with van der Waals surface area (Å²) in [4.78, 5) is 8.85. The molecule has 3 heteroatoms. The molecule has 0 aliphatic heterocycles. The second-order valence-electron chi connectivity index (χ2n) is 3.81. The predicted molar refractivity (Wildman–Crippen MR) is 68.5 cm³/mol. The lowest BCUT2D eigenvalue weighted by Gasteiger charge is -2.06. The summed E-state index contributed by atoms with van der Waals surface area (Å²) in [5, 5.41) is 0. The summed E-state index contributed by atoms with van der Waals surface area (Å²) >= 11 is 3.55. The average Bonchev–Trinajstić information content (AvgIpc) is 2.27. The molecule has 0 aliphatic rings. The topological polar surface area (TPSA) is 25.8 Å². The van der Waals surface area contributed by atoms with E-state index in [9.17, 15) is 0 Å². The number of halogens is 1. The van der Waals surface area contributed by atoms with Crippen molar-refractivity contribution in [1.82, 2.24) is 9.97 Å². The van der Waals surface area contributed by atoms with Crippen LogP contribution in [0.15, 0.2) is 34.9 Å². The van der Waals surface area contributed by atoms with Gasteiger partial charge in [-0.05, 0) is 25.5 Å². The Labute approximate surface area is 104 Å². The van der Waals surface area contributed by atoms with Crippen molar-refractivity contribution in [1.29, 1.82) is 0 Å². The molecule has 0 fully saturated rings. The molecule has 82 valence electrons. The van der Waals surface area contributed by atoms with Crippen LogP contribution in [0.5, 0.6) is 0 Å². The lowest BCUT2D eigenvalue weighted by Crippen LogP contribution is -2.00. The molecule has 0 unspecified atom stereocenters. The summed E-state index contributed by atoms with van der Waals surface area (Å²) in [7, 11) is 0. The zero-order valence-corrected chi connectivity index (χ0v) is 11.0. The van der Waals surface area contributed by atoms with Crippen LogP contribution in [0.3, 0.4) is 0 Å². The van der Waals surface area contributed by atoms with Crippen LogP contribution in [-0.4, -0.2) is 9.97 Å². The fourth-order valence-electron chi connectivity index (χ4n) is 1.58. The van der Waals surface area contributed by atoms with Gasteiger partial charge in [-0.25, -0.2) is 0 Å². The highest BCUT2D eigenvalue weighted by Crippen LogP contribution is 2.19. The van der Waals surface area contributed by atoms with Crippen LogP contribution >= 0.6 is 15.9 Å². The van der Waals surface area contributed by atoms with Crippen LogP contribution in [0.1, 0.15) is 22.6 Å². The van der Waals surface area contributed by atoms with Crippen molar-refractivity contribution in [2.45, 2.75) is 20.3 Å². The molecule has 2 aromatic rings. The molecule has 0 bridgehead atoms. The van der Waals surface area contributed by atoms with E-state index in [1.165, 1.54) is 5.56 Å². The molecular formula is C13H13BrN2. The Morgan fingerprint density at radius 2 is 1.94 bits per heavy atom. The molecule has 0 aliphatic carbocycles. The van der Waals surface area contributed by atoms with Crippen LogP contribution in [0.25, 0.3) is 0 Å². The molecule has 0 radical (unpaired) electrons. The van der Waals surface area contributed by atoms with E-state index < -0.39 is 0 Å². The van der Waals surface area contributed by atoms with E-state index in [1.54, 1.807) is 6.20 Å². The van der Waals surface area contributed by atoms with Crippen LogP contribution < -0.4 is 0 Å². The molecule has 1 heterocycles. The van der Waals surface area contributed by atoms with Gasteiger partial charge in [0, 0.05) is 17.1 Å². The molecule has 0 saturated heterocycles. The molecule has 2 rings (SSSR count). The largest absolute Gasteiger partial charge is 0.258 e. The Balaban J connectivity index is 2.34. The van der Waals surface area contributed by atoms with Gasteiger partial charge in [-0.15, -0.1) is 0 Å². The number of hydrogen-bond acceptors (Lipinski definition) is 2. The van der Waals surface area contributed by atoms with E-state index in [-0.39, 0.29) is 0 Å². The molecule has 0 N–H and O–H groups in total. The van der Waals surface area contributed by atoms with Crippen molar-refractivity contribution in [3.63, 3.8) is 0 Å². The summed E-state index contributed by atoms with van der Waals surface area (Å²) in [6, 6.07) is 8.21. The number of aromatic nitrogens is 2. The van der Waals surface area contributed by atoms with Crippen molar-refractivity contribution in [2.75, 3.05) is 0 Å². The Morgan fingerprint density at radius 3 is 2.69 bits per heavy atom. The summed E-state index contributed by atoms with van der Waals surface area (Å²) in [5.74, 6) is 0. The van der Waals surface area contributed by atoms with E-state index in [2.05, 4.69) is 32.0 Å². The second-order valence-corrected chi connectivity index (χ2v) is 4.67. The van der Waals surface area contributed by atoms with Gasteiger partial charge in [-0.2, -0.15) is 0 Å². The molecule has 0 atom stereocenters. The van der Waals surface area contributed by atoms with Gasteiger partial charge in [-0.1, -0.05) is 34.1 Å². The molecular weight excluding hydrogens is 264 g/mol. The van der Waals surface area contributed by atoms with Crippen LogP contribution in [0.4, 0.5) is 0 Å². The maximum atomic E-state index is 4.53. The highest BCUT2D eigenvalue weighted by Gasteiger charge is 2.05. The number of rotatable bonds is 2. The van der Waals surface area contributed by atoms with Crippen LogP contribution in [-0.2, 0) is 6.42 Å². The molecule has 0 saturated carbocycles. The maximum absolute atomic E-state index is 4.53. The third kappa shape index (κ3) is 2.47. The van der Waals surface area contributed by atoms with Gasteiger partial charge >= 0.3 is 0 Å². The molecule has 0 amide bonds. The predicted octanol–water partition coefficient (Wildman–Crippen LogP) is 3.45. The zero-order chi connectivity index (χ0) is 11.5. The first-order valence-corrected chi connectivity index (χ1v) is 5.98. The lowest BCUT2D eigenvalue weighted by molar-refractivity contribution is 0.948. The highest BCUT2D eigenvalue weighted by atomic mass is 79.9. The standard InChI is InChI=1S/C13H13BrN2/c1-9-8-15-10(2)13(16-9)7-11-5-3-4-6-12(11)14/h3-6,8H,7H2,1-2H3. The van der Waals surface area contributed by atoms with E-state index in [0.717, 1.165) is 28.0 Å². The molecule has 16 heavy (non-hydrogen) atoms. The third-order valence-electron chi connectivity index (χ3n) is 2.49. The quantitative estimate of drug-likeness (QED) is 0.840. The number of nitrogens with zero attached hydrogens (tertiary/aromatic N) is 2. The SMILES string of the molecule is Cc1cnc(C)c(Cc2ccccc2Br)n1. The molecule has 1 aromatic heterocycles. The van der Waals surface area contributed by atoms with Crippen molar-refractivity contribution in [2.24, 2.45) is 0 Å². The maximum Gasteiger partial charge on any atom is 0.0663 e. The third-order valence-corrected chi connectivity index (χ3v) is 3.26. The first-order valence-electron chi connectivity index (χ1n) is 5.19. The second kappa shape index (κ2) is 4.74. The fourth-order valence-corrected chi connectivity index (χ4v) is 2.00. The van der Waals surface area contributed by atoms with E-state index in [4.69, 9.17) is 0 Å².